The van der Waals surface area contributed by atoms with E-state index < -0.39 is 0 Å². The highest BCUT2D eigenvalue weighted by atomic mass is 32.2. The third kappa shape index (κ3) is 2.76. The summed E-state index contributed by atoms with van der Waals surface area (Å²) in [6.07, 6.45) is 0. The Bertz CT molecular complexity index is 499. The van der Waals surface area contributed by atoms with Crippen LogP contribution in [0.4, 0.5) is 5.82 Å². The molecule has 90 valence electrons. The van der Waals surface area contributed by atoms with Gasteiger partial charge in [0, 0.05) is 23.1 Å². The summed E-state index contributed by atoms with van der Waals surface area (Å²) < 4.78 is 5.10. The molecule has 0 radical (unpaired) electrons. The Labute approximate surface area is 104 Å². The molecule has 2 aromatic rings. The quantitative estimate of drug-likeness (QED) is 0.665. The molecule has 6 heteroatoms. The van der Waals surface area contributed by atoms with Crippen molar-refractivity contribution in [2.24, 2.45) is 0 Å². The highest BCUT2D eigenvalue weighted by Gasteiger charge is 2.10. The zero-order valence-corrected chi connectivity index (χ0v) is 10.8. The maximum Gasteiger partial charge on any atom is 0.190 e. The molecule has 2 heterocycles. The van der Waals surface area contributed by atoms with E-state index in [2.05, 4.69) is 15.1 Å². The number of nitrogen functional groups attached to an aromatic ring is 1. The number of rotatable bonds is 3. The Morgan fingerprint density at radius 2 is 2.06 bits per heavy atom. The third-order valence-electron chi connectivity index (χ3n) is 2.38. The first-order chi connectivity index (χ1) is 8.06. The molecular formula is C11H14N4OS. The lowest BCUT2D eigenvalue weighted by atomic mass is 10.2. The summed E-state index contributed by atoms with van der Waals surface area (Å²) in [5.74, 6) is 2.08. The van der Waals surface area contributed by atoms with Gasteiger partial charge in [0.15, 0.2) is 5.16 Å². The number of aromatic nitrogens is 3. The van der Waals surface area contributed by atoms with Crippen LogP contribution in [-0.2, 0) is 5.75 Å². The summed E-state index contributed by atoms with van der Waals surface area (Å²) in [7, 11) is 0. The number of hydrogen-bond acceptors (Lipinski definition) is 6. The van der Waals surface area contributed by atoms with E-state index in [4.69, 9.17) is 10.3 Å². The summed E-state index contributed by atoms with van der Waals surface area (Å²) in [5.41, 5.74) is 8.56. The third-order valence-corrected chi connectivity index (χ3v) is 3.25. The molecule has 0 saturated carbocycles. The van der Waals surface area contributed by atoms with E-state index in [9.17, 15) is 0 Å². The van der Waals surface area contributed by atoms with Gasteiger partial charge in [-0.05, 0) is 20.8 Å². The molecule has 2 rings (SSSR count). The van der Waals surface area contributed by atoms with Crippen molar-refractivity contribution in [3.63, 3.8) is 0 Å². The van der Waals surface area contributed by atoms with Gasteiger partial charge < -0.3 is 10.3 Å². The molecule has 0 bridgehead atoms. The molecule has 17 heavy (non-hydrogen) atoms. The van der Waals surface area contributed by atoms with Crippen LogP contribution >= 0.6 is 11.8 Å². The average molecular weight is 250 g/mol. The molecule has 0 atom stereocenters. The fourth-order valence-electron chi connectivity index (χ4n) is 1.47. The van der Waals surface area contributed by atoms with Crippen molar-refractivity contribution >= 4 is 17.6 Å². The topological polar surface area (TPSA) is 77.8 Å². The van der Waals surface area contributed by atoms with Crippen molar-refractivity contribution in [3.05, 3.63) is 28.8 Å². The van der Waals surface area contributed by atoms with Crippen LogP contribution in [0.25, 0.3) is 0 Å². The van der Waals surface area contributed by atoms with E-state index in [0.29, 0.717) is 11.0 Å². The number of thioether (sulfide) groups is 1. The van der Waals surface area contributed by atoms with E-state index in [0.717, 1.165) is 28.5 Å². The van der Waals surface area contributed by atoms with Gasteiger partial charge in [0.05, 0.1) is 5.69 Å². The van der Waals surface area contributed by atoms with E-state index in [1.807, 2.05) is 20.8 Å². The summed E-state index contributed by atoms with van der Waals surface area (Å²) in [5, 5.41) is 4.59. The predicted octanol–water partition coefficient (Wildman–Crippen LogP) is 2.26. The van der Waals surface area contributed by atoms with Crippen LogP contribution in [0.3, 0.4) is 0 Å². The van der Waals surface area contributed by atoms with Crippen LogP contribution in [0.1, 0.15) is 22.7 Å². The molecule has 0 saturated heterocycles. The van der Waals surface area contributed by atoms with Gasteiger partial charge in [-0.15, -0.1) is 0 Å². The Morgan fingerprint density at radius 3 is 2.65 bits per heavy atom. The lowest BCUT2D eigenvalue weighted by molar-refractivity contribution is 0.392. The first-order valence-corrected chi connectivity index (χ1v) is 6.20. The Kier molecular flexibility index (Phi) is 3.33. The number of anilines is 1. The minimum absolute atomic E-state index is 0.499. The monoisotopic (exact) mass is 250 g/mol. The summed E-state index contributed by atoms with van der Waals surface area (Å²) in [4.78, 5) is 8.49. The molecule has 0 amide bonds. The van der Waals surface area contributed by atoms with Crippen molar-refractivity contribution in [1.29, 1.82) is 0 Å². The van der Waals surface area contributed by atoms with Gasteiger partial charge in [-0.1, -0.05) is 16.9 Å². The molecule has 0 aromatic carbocycles. The van der Waals surface area contributed by atoms with Gasteiger partial charge in [0.1, 0.15) is 11.6 Å². The molecule has 2 N–H and O–H groups in total. The van der Waals surface area contributed by atoms with E-state index in [1.54, 1.807) is 6.07 Å². The minimum atomic E-state index is 0.499. The summed E-state index contributed by atoms with van der Waals surface area (Å²) >= 11 is 1.53. The summed E-state index contributed by atoms with van der Waals surface area (Å²) in [6.45, 7) is 5.73. The molecule has 2 aromatic heterocycles. The first kappa shape index (κ1) is 11.9. The van der Waals surface area contributed by atoms with E-state index >= 15 is 0 Å². The summed E-state index contributed by atoms with van der Waals surface area (Å²) in [6, 6.07) is 1.75. The maximum absolute atomic E-state index is 5.67. The van der Waals surface area contributed by atoms with Crippen LogP contribution in [0.2, 0.25) is 0 Å². The fourth-order valence-corrected chi connectivity index (χ4v) is 2.54. The van der Waals surface area contributed by atoms with Gasteiger partial charge in [-0.2, -0.15) is 0 Å². The van der Waals surface area contributed by atoms with E-state index in [1.165, 1.54) is 11.8 Å². The van der Waals surface area contributed by atoms with Crippen LogP contribution in [-0.4, -0.2) is 15.1 Å². The fraction of sp³-hybridized carbons (Fsp3) is 0.364. The van der Waals surface area contributed by atoms with Crippen molar-refractivity contribution in [1.82, 2.24) is 15.1 Å². The lowest BCUT2D eigenvalue weighted by Gasteiger charge is -2.02. The molecule has 0 aliphatic carbocycles. The minimum Gasteiger partial charge on any atom is -0.384 e. The maximum atomic E-state index is 5.67. The van der Waals surface area contributed by atoms with Crippen LogP contribution in [0.15, 0.2) is 15.7 Å². The largest absolute Gasteiger partial charge is 0.384 e. The van der Waals surface area contributed by atoms with Gasteiger partial charge in [0.2, 0.25) is 0 Å². The molecule has 0 fully saturated rings. The smallest absolute Gasteiger partial charge is 0.190 e. The number of hydrogen-bond donors (Lipinski definition) is 1. The van der Waals surface area contributed by atoms with Crippen LogP contribution in [0.5, 0.6) is 0 Å². The number of nitrogens with two attached hydrogens (primary N) is 1. The number of aryl methyl sites for hydroxylation is 3. The van der Waals surface area contributed by atoms with Crippen LogP contribution < -0.4 is 5.73 Å². The molecule has 0 unspecified atom stereocenters. The second-order valence-electron chi connectivity index (χ2n) is 3.81. The average Bonchev–Trinajstić information content (AvgIpc) is 2.55. The molecule has 0 aliphatic rings. The van der Waals surface area contributed by atoms with Gasteiger partial charge in [-0.3, -0.25) is 0 Å². The van der Waals surface area contributed by atoms with Crippen molar-refractivity contribution in [2.45, 2.75) is 31.7 Å². The van der Waals surface area contributed by atoms with Crippen LogP contribution in [0, 0.1) is 20.8 Å². The lowest BCUT2D eigenvalue weighted by Crippen LogP contribution is -1.97. The predicted molar refractivity (Wildman–Crippen MR) is 66.7 cm³/mol. The Morgan fingerprint density at radius 1 is 1.29 bits per heavy atom. The first-order valence-electron chi connectivity index (χ1n) is 5.22. The van der Waals surface area contributed by atoms with Gasteiger partial charge in [0.25, 0.3) is 0 Å². The SMILES string of the molecule is Cc1cc(N)nc(SCc2c(C)noc2C)n1. The molecule has 0 aliphatic heterocycles. The molecule has 5 nitrogen and oxygen atoms in total. The zero-order chi connectivity index (χ0) is 12.4. The standard InChI is InChI=1S/C11H14N4OS/c1-6-4-10(12)14-11(13-6)17-5-9-7(2)15-16-8(9)3/h4H,5H2,1-3H3,(H2,12,13,14). The molecular weight excluding hydrogens is 236 g/mol. The number of nitrogens with zero attached hydrogens (tertiary/aromatic N) is 3. The molecule has 0 spiro atoms. The van der Waals surface area contributed by atoms with Crippen molar-refractivity contribution < 1.29 is 4.52 Å². The van der Waals surface area contributed by atoms with E-state index in [-0.39, 0.29) is 0 Å². The Balaban J connectivity index is 2.12. The van der Waals surface area contributed by atoms with Gasteiger partial charge in [-0.25, -0.2) is 9.97 Å². The zero-order valence-electron chi connectivity index (χ0n) is 10.0. The van der Waals surface area contributed by atoms with Crippen molar-refractivity contribution in [3.8, 4) is 0 Å². The highest BCUT2D eigenvalue weighted by Crippen LogP contribution is 2.24. The van der Waals surface area contributed by atoms with Crippen molar-refractivity contribution in [2.75, 3.05) is 5.73 Å². The second-order valence-corrected chi connectivity index (χ2v) is 4.75. The highest BCUT2D eigenvalue weighted by molar-refractivity contribution is 7.98. The Hall–Kier alpha value is -1.56. The second kappa shape index (κ2) is 4.75. The normalized spacial score (nSPS) is 10.8. The van der Waals surface area contributed by atoms with Gasteiger partial charge >= 0.3 is 0 Å².